The van der Waals surface area contributed by atoms with Gasteiger partial charge in [0.1, 0.15) is 5.66 Å². The largest absolute Gasteiger partial charge is 0.351 e. The second-order valence-electron chi connectivity index (χ2n) is 5.01. The molecule has 1 fully saturated rings. The third-order valence-corrected chi connectivity index (χ3v) is 3.87. The van der Waals surface area contributed by atoms with Crippen molar-refractivity contribution < 1.29 is 4.79 Å². The van der Waals surface area contributed by atoms with Crippen molar-refractivity contribution in [1.29, 1.82) is 0 Å². The number of primary amides is 1. The fourth-order valence-corrected chi connectivity index (χ4v) is 2.90. The lowest BCUT2D eigenvalue weighted by molar-refractivity contribution is 0.0804. The summed E-state index contributed by atoms with van der Waals surface area (Å²) < 4.78 is 0. The molecule has 2 aliphatic heterocycles. The molecule has 2 heterocycles. The van der Waals surface area contributed by atoms with Gasteiger partial charge in [0.05, 0.1) is 11.9 Å². The maximum absolute atomic E-state index is 11.7. The number of aromatic amines is 1. The Hall–Kier alpha value is -2.08. The normalized spacial score (nSPS) is 23.7. The highest BCUT2D eigenvalue weighted by atomic mass is 16.2. The van der Waals surface area contributed by atoms with Gasteiger partial charge in [0.15, 0.2) is 0 Å². The molecular formula is C13H17N5O. The Bertz CT molecular complexity index is 580. The predicted molar refractivity (Wildman–Crippen MR) is 71.2 cm³/mol. The molecule has 0 radical (unpaired) electrons. The fraction of sp³-hybridized carbons (Fsp3) is 0.385. The Kier molecular flexibility index (Phi) is 2.67. The van der Waals surface area contributed by atoms with Gasteiger partial charge in [0.25, 0.3) is 0 Å². The third-order valence-electron chi connectivity index (χ3n) is 3.87. The molecular weight excluding hydrogens is 242 g/mol. The Morgan fingerprint density at radius 1 is 1.42 bits per heavy atom. The Balaban J connectivity index is 2.12. The molecule has 3 rings (SSSR count). The molecule has 3 aliphatic rings. The number of likely N-dealkylation sites (tertiary alicyclic amines) is 1. The van der Waals surface area contributed by atoms with E-state index in [0.717, 1.165) is 29.7 Å². The van der Waals surface area contributed by atoms with E-state index in [-0.39, 0.29) is 0 Å². The molecule has 1 aliphatic carbocycles. The molecule has 0 aromatic rings. The van der Waals surface area contributed by atoms with Crippen molar-refractivity contribution in [1.82, 2.24) is 15.1 Å². The number of nitrogens with two attached hydrogens (primary N) is 2. The van der Waals surface area contributed by atoms with E-state index in [1.54, 1.807) is 6.20 Å². The number of fused-ring (bicyclic) bond motifs is 1. The molecule has 2 amide bonds. The Labute approximate surface area is 111 Å². The molecule has 0 spiro atoms. The first-order valence-corrected chi connectivity index (χ1v) is 6.41. The van der Waals surface area contributed by atoms with E-state index in [9.17, 15) is 4.79 Å². The number of carbonyl (C=O) groups excluding carboxylic acids is 1. The van der Waals surface area contributed by atoms with Crippen molar-refractivity contribution in [2.45, 2.75) is 24.9 Å². The molecule has 1 unspecified atom stereocenters. The molecule has 6 heteroatoms. The van der Waals surface area contributed by atoms with Crippen LogP contribution in [0, 0.1) is 0 Å². The van der Waals surface area contributed by atoms with Gasteiger partial charge < -0.3 is 16.4 Å². The van der Waals surface area contributed by atoms with Crippen molar-refractivity contribution in [2.75, 3.05) is 6.54 Å². The number of carbonyl (C=O) groups is 1. The Morgan fingerprint density at radius 2 is 2.26 bits per heavy atom. The number of urea groups is 1. The number of rotatable bonds is 1. The molecule has 100 valence electrons. The maximum atomic E-state index is 11.7. The van der Waals surface area contributed by atoms with Gasteiger partial charge in [-0.1, -0.05) is 18.2 Å². The van der Waals surface area contributed by atoms with Crippen molar-refractivity contribution in [3.8, 4) is 11.1 Å². The number of aromatic nitrogens is 2. The first kappa shape index (κ1) is 12.0. The second-order valence-corrected chi connectivity index (χ2v) is 5.01. The second kappa shape index (κ2) is 4.24. The summed E-state index contributed by atoms with van der Waals surface area (Å²) in [4.78, 5) is 13.2. The summed E-state index contributed by atoms with van der Waals surface area (Å²) in [6.45, 7) is 0.580. The van der Waals surface area contributed by atoms with Crippen molar-refractivity contribution >= 4 is 6.03 Å². The zero-order valence-corrected chi connectivity index (χ0v) is 10.6. The third kappa shape index (κ3) is 1.76. The van der Waals surface area contributed by atoms with Gasteiger partial charge in [0.2, 0.25) is 0 Å². The first-order chi connectivity index (χ1) is 9.13. The van der Waals surface area contributed by atoms with E-state index >= 15 is 0 Å². The van der Waals surface area contributed by atoms with Gasteiger partial charge in [-0.15, -0.1) is 0 Å². The lowest BCUT2D eigenvalue weighted by atomic mass is 9.89. The van der Waals surface area contributed by atoms with Crippen LogP contribution in [0.2, 0.25) is 0 Å². The molecule has 5 N–H and O–H groups in total. The summed E-state index contributed by atoms with van der Waals surface area (Å²) in [6, 6.07) is 5.41. The van der Waals surface area contributed by atoms with Crippen molar-refractivity contribution in [3.05, 3.63) is 30.1 Å². The van der Waals surface area contributed by atoms with Crippen LogP contribution in [-0.2, 0) is 5.66 Å². The van der Waals surface area contributed by atoms with E-state index in [1.807, 2.05) is 18.2 Å². The first-order valence-electron chi connectivity index (χ1n) is 6.41. The average molecular weight is 259 g/mol. The molecule has 0 aromatic heterocycles. The lowest BCUT2D eigenvalue weighted by Gasteiger charge is -2.43. The highest BCUT2D eigenvalue weighted by Crippen LogP contribution is 2.37. The van der Waals surface area contributed by atoms with E-state index in [1.165, 1.54) is 4.90 Å². The van der Waals surface area contributed by atoms with Gasteiger partial charge >= 0.3 is 6.03 Å². The molecule has 0 saturated carbocycles. The molecule has 19 heavy (non-hydrogen) atoms. The van der Waals surface area contributed by atoms with Crippen LogP contribution in [-0.4, -0.2) is 27.7 Å². The average Bonchev–Trinajstić information content (AvgIpc) is 2.86. The lowest BCUT2D eigenvalue weighted by Crippen LogP contribution is -2.60. The summed E-state index contributed by atoms with van der Waals surface area (Å²) >= 11 is 0. The minimum atomic E-state index is -0.898. The highest BCUT2D eigenvalue weighted by Gasteiger charge is 2.41. The van der Waals surface area contributed by atoms with Gasteiger partial charge in [-0.05, 0) is 19.3 Å². The molecule has 1 atom stereocenters. The van der Waals surface area contributed by atoms with Crippen LogP contribution < -0.4 is 11.5 Å². The standard InChI is InChI=1S/C13H17N5O/c14-12(19)18-7-2-1-6-13(18,15)11-10-5-3-4-9(10)8-16-17-11/h3-5,8,17H,1-2,6-7,15H2,(H2,14,19). The molecule has 0 bridgehead atoms. The maximum Gasteiger partial charge on any atom is 0.316 e. The minimum Gasteiger partial charge on any atom is -0.351 e. The van der Waals surface area contributed by atoms with E-state index in [2.05, 4.69) is 10.2 Å². The van der Waals surface area contributed by atoms with Crippen LogP contribution in [0.3, 0.4) is 0 Å². The summed E-state index contributed by atoms with van der Waals surface area (Å²) in [7, 11) is 0. The smallest absolute Gasteiger partial charge is 0.316 e. The van der Waals surface area contributed by atoms with Gasteiger partial charge in [0, 0.05) is 17.7 Å². The van der Waals surface area contributed by atoms with Crippen molar-refractivity contribution in [3.63, 3.8) is 0 Å². The van der Waals surface area contributed by atoms with Gasteiger partial charge in [-0.3, -0.25) is 5.10 Å². The number of nitrogens with one attached hydrogen (secondary N) is 1. The highest BCUT2D eigenvalue weighted by molar-refractivity contribution is 5.75. The van der Waals surface area contributed by atoms with Gasteiger partial charge in [-0.25, -0.2) is 4.79 Å². The number of hydrogen-bond donors (Lipinski definition) is 3. The van der Waals surface area contributed by atoms with E-state index in [0.29, 0.717) is 13.0 Å². The van der Waals surface area contributed by atoms with Crippen LogP contribution in [0.5, 0.6) is 0 Å². The number of nitrogens with zero attached hydrogens (tertiary/aromatic N) is 2. The summed E-state index contributed by atoms with van der Waals surface area (Å²) in [5.74, 6) is 0. The number of amides is 2. The number of hydrogen-bond acceptors (Lipinski definition) is 3. The molecule has 0 aromatic carbocycles. The molecule has 6 nitrogen and oxygen atoms in total. The van der Waals surface area contributed by atoms with Crippen LogP contribution in [0.15, 0.2) is 24.4 Å². The summed E-state index contributed by atoms with van der Waals surface area (Å²) in [6.07, 6.45) is 4.32. The summed E-state index contributed by atoms with van der Waals surface area (Å²) in [5, 5.41) is 7.08. The monoisotopic (exact) mass is 259 g/mol. The van der Waals surface area contributed by atoms with E-state index < -0.39 is 11.7 Å². The van der Waals surface area contributed by atoms with Crippen LogP contribution in [0.1, 0.15) is 25.0 Å². The minimum absolute atomic E-state index is 0.487. The van der Waals surface area contributed by atoms with Crippen molar-refractivity contribution in [2.24, 2.45) is 11.5 Å². The van der Waals surface area contributed by atoms with Gasteiger partial charge in [-0.2, -0.15) is 5.10 Å². The quantitative estimate of drug-likeness (QED) is 0.717. The Morgan fingerprint density at radius 3 is 3.05 bits per heavy atom. The predicted octanol–water partition coefficient (Wildman–Crippen LogP) is 1.19. The van der Waals surface area contributed by atoms with E-state index in [4.69, 9.17) is 11.5 Å². The molecule has 1 saturated heterocycles. The number of piperidine rings is 1. The van der Waals surface area contributed by atoms with Crippen LogP contribution in [0.4, 0.5) is 4.79 Å². The zero-order valence-electron chi connectivity index (χ0n) is 10.6. The van der Waals surface area contributed by atoms with Crippen LogP contribution in [0.25, 0.3) is 11.1 Å². The SMILES string of the molecule is NC(=O)N1CCCCC1(N)c1[nH]ncc2cccc1-2. The van der Waals surface area contributed by atoms with Crippen LogP contribution >= 0.6 is 0 Å². The summed E-state index contributed by atoms with van der Waals surface area (Å²) in [5.41, 5.74) is 13.8. The zero-order chi connectivity index (χ0) is 13.5. The topological polar surface area (TPSA) is 101 Å². The fourth-order valence-electron chi connectivity index (χ4n) is 2.90. The number of H-pyrrole nitrogens is 1.